The van der Waals surface area contributed by atoms with E-state index in [9.17, 15) is 8.78 Å². The van der Waals surface area contributed by atoms with Gasteiger partial charge in [0.05, 0.1) is 6.21 Å². The zero-order valence-electron chi connectivity index (χ0n) is 10.5. The number of nitrogens with zero attached hydrogens (tertiary/aromatic N) is 3. The third kappa shape index (κ3) is 3.54. The Morgan fingerprint density at radius 3 is 2.42 bits per heavy atom. The van der Waals surface area contributed by atoms with Crippen LogP contribution in [0.5, 0.6) is 0 Å². The number of aromatic nitrogens is 2. The van der Waals surface area contributed by atoms with Gasteiger partial charge in [0.1, 0.15) is 11.6 Å². The standard InChI is InChI=1S/C13H12F2N4/c1-8-5-9(2)18-13(17-8)19-16-7-10-3-4-11(14)6-12(10)15/h3-7H,1-2H3,(H,17,18,19). The van der Waals surface area contributed by atoms with E-state index in [1.165, 1.54) is 12.3 Å². The summed E-state index contributed by atoms with van der Waals surface area (Å²) in [5.74, 6) is -0.969. The molecule has 19 heavy (non-hydrogen) atoms. The molecule has 0 saturated heterocycles. The van der Waals surface area contributed by atoms with E-state index >= 15 is 0 Å². The highest BCUT2D eigenvalue weighted by Crippen LogP contribution is 2.07. The van der Waals surface area contributed by atoms with Gasteiger partial charge in [-0.05, 0) is 32.0 Å². The average molecular weight is 262 g/mol. The zero-order chi connectivity index (χ0) is 13.8. The highest BCUT2D eigenvalue weighted by atomic mass is 19.1. The molecule has 1 aromatic heterocycles. The van der Waals surface area contributed by atoms with Crippen LogP contribution in [-0.4, -0.2) is 16.2 Å². The van der Waals surface area contributed by atoms with E-state index in [4.69, 9.17) is 0 Å². The van der Waals surface area contributed by atoms with Crippen molar-refractivity contribution in [2.75, 3.05) is 5.43 Å². The minimum Gasteiger partial charge on any atom is -0.245 e. The molecule has 0 aliphatic carbocycles. The maximum atomic E-state index is 13.3. The first-order valence-corrected chi connectivity index (χ1v) is 5.61. The SMILES string of the molecule is Cc1cc(C)nc(NN=Cc2ccc(F)cc2F)n1. The van der Waals surface area contributed by atoms with Crippen molar-refractivity contribution in [3.8, 4) is 0 Å². The first-order valence-electron chi connectivity index (χ1n) is 5.61. The summed E-state index contributed by atoms with van der Waals surface area (Å²) in [7, 11) is 0. The van der Waals surface area contributed by atoms with Gasteiger partial charge in [-0.3, -0.25) is 0 Å². The zero-order valence-corrected chi connectivity index (χ0v) is 10.5. The summed E-state index contributed by atoms with van der Waals surface area (Å²) in [5, 5.41) is 3.82. The van der Waals surface area contributed by atoms with Gasteiger partial charge in [-0.25, -0.2) is 24.2 Å². The number of hydrogen-bond donors (Lipinski definition) is 1. The monoisotopic (exact) mass is 262 g/mol. The number of rotatable bonds is 3. The Morgan fingerprint density at radius 1 is 1.11 bits per heavy atom. The molecule has 2 aromatic rings. The molecule has 0 radical (unpaired) electrons. The van der Waals surface area contributed by atoms with Gasteiger partial charge >= 0.3 is 0 Å². The predicted molar refractivity (Wildman–Crippen MR) is 69.1 cm³/mol. The van der Waals surface area contributed by atoms with Gasteiger partial charge in [0.25, 0.3) is 0 Å². The van der Waals surface area contributed by atoms with Crippen molar-refractivity contribution in [2.45, 2.75) is 13.8 Å². The molecular formula is C13H12F2N4. The number of hydrazone groups is 1. The highest BCUT2D eigenvalue weighted by molar-refractivity contribution is 5.80. The van der Waals surface area contributed by atoms with Gasteiger partial charge in [0.2, 0.25) is 5.95 Å². The number of halogens is 2. The minimum absolute atomic E-state index is 0.179. The first-order chi connectivity index (χ1) is 9.04. The van der Waals surface area contributed by atoms with Crippen LogP contribution in [0.15, 0.2) is 29.4 Å². The normalized spacial score (nSPS) is 10.9. The lowest BCUT2D eigenvalue weighted by atomic mass is 10.2. The molecule has 1 N–H and O–H groups in total. The van der Waals surface area contributed by atoms with Gasteiger partial charge in [-0.15, -0.1) is 0 Å². The Balaban J connectivity index is 2.11. The Bertz CT molecular complexity index is 606. The van der Waals surface area contributed by atoms with Crippen LogP contribution >= 0.6 is 0 Å². The van der Waals surface area contributed by atoms with E-state index in [-0.39, 0.29) is 5.56 Å². The molecule has 0 unspecified atom stereocenters. The molecule has 0 atom stereocenters. The molecule has 0 fully saturated rings. The Hall–Kier alpha value is -2.37. The van der Waals surface area contributed by atoms with Gasteiger partial charge in [0.15, 0.2) is 0 Å². The van der Waals surface area contributed by atoms with Gasteiger partial charge in [-0.2, -0.15) is 5.10 Å². The van der Waals surface area contributed by atoms with Crippen LogP contribution in [0.3, 0.4) is 0 Å². The first kappa shape index (κ1) is 13.1. The molecule has 4 nitrogen and oxygen atoms in total. The highest BCUT2D eigenvalue weighted by Gasteiger charge is 2.01. The molecule has 0 aliphatic rings. The van der Waals surface area contributed by atoms with Crippen LogP contribution in [-0.2, 0) is 0 Å². The lowest BCUT2D eigenvalue weighted by Crippen LogP contribution is -2.00. The fourth-order valence-electron chi connectivity index (χ4n) is 1.54. The largest absolute Gasteiger partial charge is 0.245 e. The fourth-order valence-corrected chi connectivity index (χ4v) is 1.54. The molecule has 2 rings (SSSR count). The van der Waals surface area contributed by atoms with Crippen molar-refractivity contribution in [3.05, 3.63) is 52.9 Å². The van der Waals surface area contributed by atoms with E-state index in [0.29, 0.717) is 5.95 Å². The molecule has 1 aromatic carbocycles. The van der Waals surface area contributed by atoms with Gasteiger partial charge < -0.3 is 0 Å². The van der Waals surface area contributed by atoms with Crippen LogP contribution in [0, 0.1) is 25.5 Å². The van der Waals surface area contributed by atoms with Crippen molar-refractivity contribution in [1.29, 1.82) is 0 Å². The molecule has 98 valence electrons. The molecule has 0 bridgehead atoms. The van der Waals surface area contributed by atoms with Gasteiger partial charge in [0, 0.05) is 23.0 Å². The number of aryl methyl sites for hydroxylation is 2. The second kappa shape index (κ2) is 5.51. The second-order valence-corrected chi connectivity index (χ2v) is 4.01. The van der Waals surface area contributed by atoms with Crippen LogP contribution < -0.4 is 5.43 Å². The van der Waals surface area contributed by atoms with Gasteiger partial charge in [-0.1, -0.05) is 0 Å². The molecule has 0 spiro atoms. The number of nitrogens with one attached hydrogen (secondary N) is 1. The lowest BCUT2D eigenvalue weighted by Gasteiger charge is -2.01. The molecule has 6 heteroatoms. The summed E-state index contributed by atoms with van der Waals surface area (Å²) in [6, 6.07) is 5.10. The topological polar surface area (TPSA) is 50.2 Å². The van der Waals surface area contributed by atoms with Crippen molar-refractivity contribution in [2.24, 2.45) is 5.10 Å². The van der Waals surface area contributed by atoms with E-state index < -0.39 is 11.6 Å². The molecule has 0 aliphatic heterocycles. The summed E-state index contributed by atoms with van der Waals surface area (Å²) < 4.78 is 26.0. The predicted octanol–water partition coefficient (Wildman–Crippen LogP) is 2.82. The van der Waals surface area contributed by atoms with E-state index in [1.807, 2.05) is 19.9 Å². The third-order valence-electron chi connectivity index (χ3n) is 2.31. The fraction of sp³-hybridized carbons (Fsp3) is 0.154. The molecule has 0 saturated carbocycles. The van der Waals surface area contributed by atoms with E-state index in [2.05, 4.69) is 20.5 Å². The van der Waals surface area contributed by atoms with Crippen molar-refractivity contribution in [1.82, 2.24) is 9.97 Å². The minimum atomic E-state index is -0.674. The smallest absolute Gasteiger partial charge is 0.243 e. The maximum absolute atomic E-state index is 13.3. The Kier molecular flexibility index (Phi) is 3.79. The summed E-state index contributed by atoms with van der Waals surface area (Å²) in [6.45, 7) is 3.67. The quantitative estimate of drug-likeness (QED) is 0.683. The van der Waals surface area contributed by atoms with Crippen LogP contribution in [0.1, 0.15) is 17.0 Å². The lowest BCUT2D eigenvalue weighted by molar-refractivity contribution is 0.582. The van der Waals surface area contributed by atoms with Crippen molar-refractivity contribution >= 4 is 12.2 Å². The average Bonchev–Trinajstić information content (AvgIpc) is 2.30. The summed E-state index contributed by atoms with van der Waals surface area (Å²) in [6.07, 6.45) is 1.25. The number of benzene rings is 1. The van der Waals surface area contributed by atoms with Crippen LogP contribution in [0.4, 0.5) is 14.7 Å². The van der Waals surface area contributed by atoms with Crippen LogP contribution in [0.2, 0.25) is 0 Å². The molecule has 0 amide bonds. The summed E-state index contributed by atoms with van der Waals surface area (Å²) >= 11 is 0. The Morgan fingerprint density at radius 2 is 1.79 bits per heavy atom. The van der Waals surface area contributed by atoms with E-state index in [1.54, 1.807) is 0 Å². The molecule has 1 heterocycles. The summed E-state index contributed by atoms with van der Waals surface area (Å²) in [5.41, 5.74) is 4.39. The second-order valence-electron chi connectivity index (χ2n) is 4.01. The van der Waals surface area contributed by atoms with Crippen LogP contribution in [0.25, 0.3) is 0 Å². The summed E-state index contributed by atoms with van der Waals surface area (Å²) in [4.78, 5) is 8.22. The number of anilines is 1. The van der Waals surface area contributed by atoms with E-state index in [0.717, 1.165) is 23.5 Å². The maximum Gasteiger partial charge on any atom is 0.243 e. The molecular weight excluding hydrogens is 250 g/mol. The van der Waals surface area contributed by atoms with Crippen molar-refractivity contribution < 1.29 is 8.78 Å². The Labute approximate surface area is 109 Å². The number of hydrogen-bond acceptors (Lipinski definition) is 4. The van der Waals surface area contributed by atoms with Crippen molar-refractivity contribution in [3.63, 3.8) is 0 Å². The third-order valence-corrected chi connectivity index (χ3v) is 2.31.